The molecule has 0 radical (unpaired) electrons. The van der Waals surface area contributed by atoms with Gasteiger partial charge in [0.2, 0.25) is 5.91 Å². The van der Waals surface area contributed by atoms with Crippen LogP contribution in [0.1, 0.15) is 36.1 Å². The molecule has 0 atom stereocenters. The van der Waals surface area contributed by atoms with E-state index in [2.05, 4.69) is 20.8 Å². The van der Waals surface area contributed by atoms with E-state index in [1.165, 1.54) is 23.5 Å². The molecule has 0 spiro atoms. The van der Waals surface area contributed by atoms with Gasteiger partial charge in [-0.2, -0.15) is 0 Å². The number of carbonyl (C=O) groups is 2. The van der Waals surface area contributed by atoms with Gasteiger partial charge < -0.3 is 10.2 Å². The number of anilines is 1. The molecule has 182 valence electrons. The first-order valence-corrected chi connectivity index (χ1v) is 13.8. The van der Waals surface area contributed by atoms with Crippen molar-refractivity contribution in [3.63, 3.8) is 0 Å². The number of amides is 2. The quantitative estimate of drug-likeness (QED) is 0.413. The summed E-state index contributed by atoms with van der Waals surface area (Å²) in [5, 5.41) is 10.1. The number of rotatable bonds is 8. The van der Waals surface area contributed by atoms with Crippen molar-refractivity contribution in [2.24, 2.45) is 5.16 Å². The van der Waals surface area contributed by atoms with Gasteiger partial charge in [0.25, 0.3) is 5.91 Å². The van der Waals surface area contributed by atoms with Crippen molar-refractivity contribution in [3.8, 4) is 0 Å². The van der Waals surface area contributed by atoms with Crippen LogP contribution in [0.5, 0.6) is 0 Å². The third-order valence-corrected chi connectivity index (χ3v) is 7.66. The molecule has 2 fully saturated rings. The molecule has 2 amide bonds. The maximum Gasteiger partial charge on any atom is 0.280 e. The van der Waals surface area contributed by atoms with Crippen LogP contribution in [-0.2, 0) is 30.8 Å². The topological polar surface area (TPSA) is 130 Å². The molecule has 4 rings (SSSR count). The maximum absolute atomic E-state index is 13.1. The lowest BCUT2D eigenvalue weighted by Gasteiger charge is -2.25. The van der Waals surface area contributed by atoms with E-state index in [-0.39, 0.29) is 22.6 Å². The molecular weight excluding hydrogens is 478 g/mol. The lowest BCUT2D eigenvalue weighted by Crippen LogP contribution is -2.46. The SMILES string of the molecule is CS(=O)(=O)c1ccc(/C(=N\OC2CCCC2)C(=O)Nc2ncc(CN3CCNC(=O)C3)s2)cc1. The van der Waals surface area contributed by atoms with Gasteiger partial charge in [0.15, 0.2) is 20.7 Å². The summed E-state index contributed by atoms with van der Waals surface area (Å²) in [4.78, 5) is 37.7. The highest BCUT2D eigenvalue weighted by atomic mass is 32.2. The molecule has 0 bridgehead atoms. The number of hydrogen-bond acceptors (Lipinski definition) is 9. The van der Waals surface area contributed by atoms with Gasteiger partial charge in [-0.1, -0.05) is 17.3 Å². The molecule has 2 heterocycles. The molecule has 1 aliphatic carbocycles. The predicted octanol–water partition coefficient (Wildman–Crippen LogP) is 1.78. The van der Waals surface area contributed by atoms with Gasteiger partial charge in [0, 0.05) is 42.5 Å². The summed E-state index contributed by atoms with van der Waals surface area (Å²) in [7, 11) is -3.36. The fourth-order valence-electron chi connectivity index (χ4n) is 3.85. The van der Waals surface area contributed by atoms with Crippen molar-refractivity contribution in [3.05, 3.63) is 40.9 Å². The molecule has 34 heavy (non-hydrogen) atoms. The highest BCUT2D eigenvalue weighted by Crippen LogP contribution is 2.23. The van der Waals surface area contributed by atoms with Crippen LogP contribution in [0.3, 0.4) is 0 Å². The molecule has 2 N–H and O–H groups in total. The average Bonchev–Trinajstić information content (AvgIpc) is 3.46. The van der Waals surface area contributed by atoms with Crippen molar-refractivity contribution < 1.29 is 22.8 Å². The van der Waals surface area contributed by atoms with E-state index >= 15 is 0 Å². The molecule has 0 unspecified atom stereocenters. The van der Waals surface area contributed by atoms with Crippen LogP contribution in [0.2, 0.25) is 0 Å². The largest absolute Gasteiger partial charge is 0.392 e. The smallest absolute Gasteiger partial charge is 0.280 e. The number of carbonyl (C=O) groups excluding carboxylic acids is 2. The highest BCUT2D eigenvalue weighted by Gasteiger charge is 2.22. The first kappa shape index (κ1) is 24.3. The molecule has 1 saturated carbocycles. The highest BCUT2D eigenvalue weighted by molar-refractivity contribution is 7.90. The number of aromatic nitrogens is 1. The molecule has 2 aromatic rings. The second kappa shape index (κ2) is 10.6. The van der Waals surface area contributed by atoms with E-state index in [1.54, 1.807) is 18.3 Å². The van der Waals surface area contributed by atoms with Crippen molar-refractivity contribution >= 4 is 43.8 Å². The summed E-state index contributed by atoms with van der Waals surface area (Å²) in [5.41, 5.74) is 0.496. The Labute approximate surface area is 202 Å². The van der Waals surface area contributed by atoms with Gasteiger partial charge in [0.1, 0.15) is 6.10 Å². The number of thiazole rings is 1. The Kier molecular flexibility index (Phi) is 7.59. The molecule has 2 aliphatic rings. The number of nitrogens with zero attached hydrogens (tertiary/aromatic N) is 3. The Morgan fingerprint density at radius 3 is 2.71 bits per heavy atom. The van der Waals surface area contributed by atoms with Crippen molar-refractivity contribution in [1.82, 2.24) is 15.2 Å². The lowest BCUT2D eigenvalue weighted by atomic mass is 10.1. The first-order chi connectivity index (χ1) is 16.3. The minimum atomic E-state index is -3.36. The Bertz CT molecular complexity index is 1170. The zero-order valence-corrected chi connectivity index (χ0v) is 20.5. The van der Waals surface area contributed by atoms with Crippen molar-refractivity contribution in [1.29, 1.82) is 0 Å². The predicted molar refractivity (Wildman–Crippen MR) is 128 cm³/mol. The zero-order valence-electron chi connectivity index (χ0n) is 18.8. The Balaban J connectivity index is 1.48. The molecule has 10 nitrogen and oxygen atoms in total. The van der Waals surface area contributed by atoms with Crippen LogP contribution in [-0.4, -0.2) is 67.8 Å². The van der Waals surface area contributed by atoms with E-state index in [4.69, 9.17) is 4.84 Å². The third kappa shape index (κ3) is 6.39. The van der Waals surface area contributed by atoms with Gasteiger partial charge >= 0.3 is 0 Å². The number of nitrogens with one attached hydrogen (secondary N) is 2. The lowest BCUT2D eigenvalue weighted by molar-refractivity contribution is -0.124. The summed E-state index contributed by atoms with van der Waals surface area (Å²) < 4.78 is 23.6. The summed E-state index contributed by atoms with van der Waals surface area (Å²) in [6, 6.07) is 5.97. The first-order valence-electron chi connectivity index (χ1n) is 11.1. The Morgan fingerprint density at radius 1 is 1.29 bits per heavy atom. The van der Waals surface area contributed by atoms with Gasteiger partial charge in [-0.25, -0.2) is 13.4 Å². The maximum atomic E-state index is 13.1. The van der Waals surface area contributed by atoms with E-state index in [0.717, 1.165) is 43.4 Å². The standard InChI is InChI=1S/C22H27N5O5S2/c1-34(30,31)18-8-6-15(7-9-18)20(26-32-16-4-2-3-5-16)21(29)25-22-24-12-17(33-22)13-27-11-10-23-19(28)14-27/h6-9,12,16H,2-5,10-11,13-14H2,1H3,(H,23,28)(H,24,25,29)/b26-20+. The average molecular weight is 506 g/mol. The second-order valence-electron chi connectivity index (χ2n) is 8.39. The number of sulfone groups is 1. The van der Waals surface area contributed by atoms with Gasteiger partial charge in [0.05, 0.1) is 11.4 Å². The van der Waals surface area contributed by atoms with E-state index in [1.807, 2.05) is 4.90 Å². The van der Waals surface area contributed by atoms with E-state index < -0.39 is 15.7 Å². The van der Waals surface area contributed by atoms with Crippen LogP contribution in [0.25, 0.3) is 0 Å². The summed E-state index contributed by atoms with van der Waals surface area (Å²) in [5.74, 6) is -0.502. The fraction of sp³-hybridized carbons (Fsp3) is 0.455. The molecule has 1 aromatic heterocycles. The fourth-order valence-corrected chi connectivity index (χ4v) is 5.33. The number of hydrogen-bond donors (Lipinski definition) is 2. The van der Waals surface area contributed by atoms with Gasteiger partial charge in [-0.3, -0.25) is 19.8 Å². The third-order valence-electron chi connectivity index (χ3n) is 5.64. The van der Waals surface area contributed by atoms with Crippen LogP contribution >= 0.6 is 11.3 Å². The van der Waals surface area contributed by atoms with Crippen LogP contribution in [0, 0.1) is 0 Å². The van der Waals surface area contributed by atoms with E-state index in [0.29, 0.717) is 30.3 Å². The molecule has 1 saturated heterocycles. The van der Waals surface area contributed by atoms with Crippen LogP contribution in [0.4, 0.5) is 5.13 Å². The van der Waals surface area contributed by atoms with E-state index in [9.17, 15) is 18.0 Å². The summed E-state index contributed by atoms with van der Waals surface area (Å²) in [6.07, 6.45) is 6.66. The summed E-state index contributed by atoms with van der Waals surface area (Å²) in [6.45, 7) is 2.27. The molecular formula is C22H27N5O5S2. The second-order valence-corrected chi connectivity index (χ2v) is 11.5. The van der Waals surface area contributed by atoms with Crippen molar-refractivity contribution in [2.45, 2.75) is 43.2 Å². The number of piperazine rings is 1. The van der Waals surface area contributed by atoms with Crippen LogP contribution < -0.4 is 10.6 Å². The van der Waals surface area contributed by atoms with Crippen LogP contribution in [0.15, 0.2) is 40.5 Å². The summed E-state index contributed by atoms with van der Waals surface area (Å²) >= 11 is 1.33. The normalized spacial score (nSPS) is 18.0. The monoisotopic (exact) mass is 505 g/mol. The molecule has 1 aliphatic heterocycles. The Hall–Kier alpha value is -2.83. The minimum absolute atomic E-state index is 0.00528. The van der Waals surface area contributed by atoms with Crippen molar-refractivity contribution in [2.75, 3.05) is 31.2 Å². The number of oxime groups is 1. The van der Waals surface area contributed by atoms with Gasteiger partial charge in [-0.15, -0.1) is 11.3 Å². The zero-order chi connectivity index (χ0) is 24.1. The molecule has 12 heteroatoms. The minimum Gasteiger partial charge on any atom is -0.392 e. The Morgan fingerprint density at radius 2 is 2.03 bits per heavy atom. The number of benzene rings is 1. The van der Waals surface area contributed by atoms with Gasteiger partial charge in [-0.05, 0) is 37.8 Å². The molecule has 1 aromatic carbocycles.